The van der Waals surface area contributed by atoms with Crippen LogP contribution in [0.5, 0.6) is 0 Å². The van der Waals surface area contributed by atoms with Gasteiger partial charge in [-0.1, -0.05) is 6.42 Å². The fraction of sp³-hybridized carbons (Fsp3) is 0.615. The Morgan fingerprint density at radius 1 is 1.19 bits per heavy atom. The van der Waals surface area contributed by atoms with E-state index in [4.69, 9.17) is 0 Å². The molecule has 2 rings (SSSR count). The number of aromatic nitrogens is 1. The van der Waals surface area contributed by atoms with Crippen molar-refractivity contribution >= 4 is 0 Å². The molecule has 88 valence electrons. The second-order valence-electron chi connectivity index (χ2n) is 4.95. The third kappa shape index (κ3) is 1.92. The van der Waals surface area contributed by atoms with Gasteiger partial charge in [-0.05, 0) is 38.2 Å². The fourth-order valence-electron chi connectivity index (χ4n) is 2.61. The highest BCUT2D eigenvalue weighted by Gasteiger charge is 2.38. The van der Waals surface area contributed by atoms with Crippen molar-refractivity contribution in [1.29, 1.82) is 0 Å². The molecule has 0 aliphatic heterocycles. The van der Waals surface area contributed by atoms with Gasteiger partial charge in [-0.25, -0.2) is 0 Å². The van der Waals surface area contributed by atoms with Gasteiger partial charge >= 0.3 is 0 Å². The molecule has 3 nitrogen and oxygen atoms in total. The van der Waals surface area contributed by atoms with E-state index >= 15 is 0 Å². The van der Waals surface area contributed by atoms with E-state index in [9.17, 15) is 10.3 Å². The zero-order valence-electron chi connectivity index (χ0n) is 9.99. The highest BCUT2D eigenvalue weighted by atomic mass is 16.5. The largest absolute Gasteiger partial charge is 0.618 e. The Kier molecular flexibility index (Phi) is 2.89. The molecule has 0 bridgehead atoms. The summed E-state index contributed by atoms with van der Waals surface area (Å²) in [5.41, 5.74) is 1.33. The van der Waals surface area contributed by atoms with Crippen LogP contribution >= 0.6 is 0 Å². The van der Waals surface area contributed by atoms with Crippen LogP contribution in [0.1, 0.15) is 49.1 Å². The molecule has 0 unspecified atom stereocenters. The fourth-order valence-corrected chi connectivity index (χ4v) is 2.61. The average molecular weight is 221 g/mol. The van der Waals surface area contributed by atoms with E-state index in [0.29, 0.717) is 24.2 Å². The van der Waals surface area contributed by atoms with Gasteiger partial charge in [0.1, 0.15) is 5.60 Å². The molecule has 0 amide bonds. The van der Waals surface area contributed by atoms with Crippen LogP contribution in [0.4, 0.5) is 0 Å². The van der Waals surface area contributed by atoms with Gasteiger partial charge in [0.25, 0.3) is 0 Å². The molecule has 1 fully saturated rings. The molecule has 1 aliphatic rings. The first kappa shape index (κ1) is 11.4. The summed E-state index contributed by atoms with van der Waals surface area (Å²) >= 11 is 0. The lowest BCUT2D eigenvalue weighted by Gasteiger charge is -2.30. The van der Waals surface area contributed by atoms with Gasteiger partial charge < -0.3 is 10.3 Å². The van der Waals surface area contributed by atoms with E-state index in [1.165, 1.54) is 0 Å². The van der Waals surface area contributed by atoms with Crippen molar-refractivity contribution in [2.75, 3.05) is 0 Å². The first-order valence-corrected chi connectivity index (χ1v) is 5.97. The average Bonchev–Trinajstić information content (AvgIpc) is 2.24. The molecule has 0 atom stereocenters. The Balaban J connectivity index is 2.45. The van der Waals surface area contributed by atoms with Gasteiger partial charge in [0.05, 0.1) is 0 Å². The first-order chi connectivity index (χ1) is 7.53. The van der Waals surface area contributed by atoms with Crippen LogP contribution in [-0.2, 0) is 5.60 Å². The molecule has 0 spiro atoms. The van der Waals surface area contributed by atoms with Crippen LogP contribution in [0.15, 0.2) is 12.1 Å². The molecule has 0 radical (unpaired) electrons. The maximum absolute atomic E-state index is 12.0. The number of pyridine rings is 1. The summed E-state index contributed by atoms with van der Waals surface area (Å²) in [6, 6.07) is 3.67. The third-order valence-corrected chi connectivity index (χ3v) is 3.50. The molecule has 16 heavy (non-hydrogen) atoms. The number of rotatable bonds is 1. The standard InChI is InChI=1S/C13H19NO2/c1-10-8-11(2)14(16)12(9-10)13(15)6-4-3-5-7-13/h8-9,15H,3-7H2,1-2H3. The minimum absolute atomic E-state index is 0.532. The van der Waals surface area contributed by atoms with Crippen molar-refractivity contribution in [2.45, 2.75) is 51.6 Å². The molecular weight excluding hydrogens is 202 g/mol. The van der Waals surface area contributed by atoms with E-state index < -0.39 is 5.60 Å². The Bertz CT molecular complexity index is 395. The predicted molar refractivity (Wildman–Crippen MR) is 61.9 cm³/mol. The lowest BCUT2D eigenvalue weighted by Crippen LogP contribution is -2.45. The van der Waals surface area contributed by atoms with Gasteiger partial charge in [0, 0.05) is 19.1 Å². The molecular formula is C13H19NO2. The zero-order chi connectivity index (χ0) is 11.8. The van der Waals surface area contributed by atoms with Crippen LogP contribution in [0.25, 0.3) is 0 Å². The Morgan fingerprint density at radius 2 is 1.81 bits per heavy atom. The molecule has 1 aliphatic carbocycles. The molecule has 1 saturated carbocycles. The minimum atomic E-state index is -0.906. The topological polar surface area (TPSA) is 47.2 Å². The quantitative estimate of drug-likeness (QED) is 0.583. The van der Waals surface area contributed by atoms with E-state index in [1.807, 2.05) is 19.1 Å². The second kappa shape index (κ2) is 4.06. The van der Waals surface area contributed by atoms with Crippen LogP contribution in [-0.4, -0.2) is 5.11 Å². The summed E-state index contributed by atoms with van der Waals surface area (Å²) in [5, 5.41) is 22.5. The molecule has 1 aromatic heterocycles. The van der Waals surface area contributed by atoms with E-state index in [1.54, 1.807) is 6.92 Å². The van der Waals surface area contributed by atoms with Crippen molar-refractivity contribution in [2.24, 2.45) is 0 Å². The maximum atomic E-state index is 12.0. The van der Waals surface area contributed by atoms with Crippen molar-refractivity contribution in [3.8, 4) is 0 Å². The van der Waals surface area contributed by atoms with Crippen molar-refractivity contribution < 1.29 is 9.84 Å². The molecule has 0 saturated heterocycles. The van der Waals surface area contributed by atoms with Gasteiger partial charge in [0.15, 0.2) is 5.69 Å². The van der Waals surface area contributed by atoms with E-state index in [0.717, 1.165) is 29.6 Å². The highest BCUT2D eigenvalue weighted by Crippen LogP contribution is 2.35. The second-order valence-corrected chi connectivity index (χ2v) is 4.95. The first-order valence-electron chi connectivity index (χ1n) is 5.97. The Hall–Kier alpha value is -1.09. The summed E-state index contributed by atoms with van der Waals surface area (Å²) in [5.74, 6) is 0. The van der Waals surface area contributed by atoms with Crippen LogP contribution in [0, 0.1) is 19.1 Å². The zero-order valence-corrected chi connectivity index (χ0v) is 9.99. The molecule has 1 aromatic rings. The Morgan fingerprint density at radius 3 is 2.44 bits per heavy atom. The summed E-state index contributed by atoms with van der Waals surface area (Å²) in [6.07, 6.45) is 4.58. The monoisotopic (exact) mass is 221 g/mol. The van der Waals surface area contributed by atoms with Crippen molar-refractivity contribution in [1.82, 2.24) is 0 Å². The summed E-state index contributed by atoms with van der Waals surface area (Å²) in [7, 11) is 0. The van der Waals surface area contributed by atoms with Gasteiger partial charge in [0.2, 0.25) is 5.69 Å². The number of nitrogens with zero attached hydrogens (tertiary/aromatic N) is 1. The molecule has 3 heteroatoms. The van der Waals surface area contributed by atoms with E-state index in [2.05, 4.69) is 0 Å². The predicted octanol–water partition coefficient (Wildman–Crippen LogP) is 2.09. The highest BCUT2D eigenvalue weighted by molar-refractivity contribution is 5.19. The summed E-state index contributed by atoms with van der Waals surface area (Å²) < 4.78 is 0.887. The summed E-state index contributed by atoms with van der Waals surface area (Å²) in [6.45, 7) is 3.75. The van der Waals surface area contributed by atoms with E-state index in [-0.39, 0.29) is 0 Å². The van der Waals surface area contributed by atoms with Crippen LogP contribution in [0.3, 0.4) is 0 Å². The molecule has 1 N–H and O–H groups in total. The molecule has 1 heterocycles. The molecule has 0 aromatic carbocycles. The normalized spacial score (nSPS) is 19.7. The van der Waals surface area contributed by atoms with Crippen LogP contribution < -0.4 is 4.73 Å². The number of hydrogen-bond donors (Lipinski definition) is 1. The minimum Gasteiger partial charge on any atom is -0.618 e. The maximum Gasteiger partial charge on any atom is 0.224 e. The number of aryl methyl sites for hydroxylation is 2. The van der Waals surface area contributed by atoms with Gasteiger partial charge in [-0.3, -0.25) is 0 Å². The third-order valence-electron chi connectivity index (χ3n) is 3.50. The SMILES string of the molecule is Cc1cc(C)[n+]([O-])c(C2(O)CCCCC2)c1. The smallest absolute Gasteiger partial charge is 0.224 e. The Labute approximate surface area is 96.3 Å². The van der Waals surface area contributed by atoms with Gasteiger partial charge in [-0.15, -0.1) is 0 Å². The van der Waals surface area contributed by atoms with Crippen molar-refractivity contribution in [3.63, 3.8) is 0 Å². The lowest BCUT2D eigenvalue weighted by atomic mass is 9.82. The number of aliphatic hydroxyl groups is 1. The van der Waals surface area contributed by atoms with Gasteiger partial charge in [-0.2, -0.15) is 4.73 Å². The lowest BCUT2D eigenvalue weighted by molar-refractivity contribution is -0.630. The summed E-state index contributed by atoms with van der Waals surface area (Å²) in [4.78, 5) is 0. The van der Waals surface area contributed by atoms with Crippen LogP contribution in [0.2, 0.25) is 0 Å². The number of hydrogen-bond acceptors (Lipinski definition) is 2. The van der Waals surface area contributed by atoms with Crippen molar-refractivity contribution in [3.05, 3.63) is 34.3 Å².